The smallest absolute Gasteiger partial charge is 0.272 e. The Kier molecular flexibility index (Phi) is 6.56. The zero-order valence-electron chi connectivity index (χ0n) is 19.3. The van der Waals surface area contributed by atoms with Gasteiger partial charge in [-0.05, 0) is 42.8 Å². The van der Waals surface area contributed by atoms with Crippen LogP contribution in [0.5, 0.6) is 0 Å². The van der Waals surface area contributed by atoms with E-state index in [9.17, 15) is 13.6 Å². The van der Waals surface area contributed by atoms with Crippen molar-refractivity contribution in [3.63, 3.8) is 0 Å². The average molecular weight is 507 g/mol. The number of carbonyl (C=O) groups excluding carboxylic acids is 1. The van der Waals surface area contributed by atoms with Crippen molar-refractivity contribution < 1.29 is 13.6 Å². The van der Waals surface area contributed by atoms with E-state index >= 15 is 0 Å². The van der Waals surface area contributed by atoms with Crippen molar-refractivity contribution >= 4 is 23.3 Å². The van der Waals surface area contributed by atoms with Gasteiger partial charge in [-0.2, -0.15) is 0 Å². The van der Waals surface area contributed by atoms with E-state index in [-0.39, 0.29) is 5.91 Å². The van der Waals surface area contributed by atoms with Crippen molar-refractivity contribution in [2.24, 2.45) is 0 Å². The van der Waals surface area contributed by atoms with E-state index in [4.69, 9.17) is 16.6 Å². The highest BCUT2D eigenvalue weighted by Gasteiger charge is 2.26. The molecule has 0 aliphatic carbocycles. The van der Waals surface area contributed by atoms with Crippen molar-refractivity contribution in [2.45, 2.75) is 6.92 Å². The standard InChI is InChI=1S/C26H21ClF2N6O/c1-16-3-2-7-31-23(16)26(36)35-11-9-34(10-12-35)22-15-32-24(17-4-5-20(28)21(29)13-17)25(33-22)18-6-8-30-14-19(18)27/h2-8,13-15H,9-12H2,1H3. The maximum absolute atomic E-state index is 14.0. The second-order valence-electron chi connectivity index (χ2n) is 8.36. The lowest BCUT2D eigenvalue weighted by Crippen LogP contribution is -2.49. The Morgan fingerprint density at radius 3 is 2.47 bits per heavy atom. The molecule has 4 aromatic rings. The van der Waals surface area contributed by atoms with E-state index in [0.717, 1.165) is 17.7 Å². The number of aromatic nitrogens is 4. The minimum absolute atomic E-state index is 0.100. The Morgan fingerprint density at radius 1 is 0.944 bits per heavy atom. The lowest BCUT2D eigenvalue weighted by Gasteiger charge is -2.35. The molecular weight excluding hydrogens is 486 g/mol. The number of carbonyl (C=O) groups is 1. The van der Waals surface area contributed by atoms with Gasteiger partial charge in [-0.25, -0.2) is 13.8 Å². The number of rotatable bonds is 4. The Labute approximate surface area is 211 Å². The van der Waals surface area contributed by atoms with Gasteiger partial charge in [0.1, 0.15) is 17.2 Å². The molecule has 5 rings (SSSR count). The minimum atomic E-state index is -0.978. The summed E-state index contributed by atoms with van der Waals surface area (Å²) in [6.45, 7) is 3.94. The SMILES string of the molecule is Cc1cccnc1C(=O)N1CCN(c2cnc(-c3ccc(F)c(F)c3)c(-c3ccncc3Cl)n2)CC1. The first kappa shape index (κ1) is 23.7. The highest BCUT2D eigenvalue weighted by Crippen LogP contribution is 2.34. The third kappa shape index (κ3) is 4.61. The third-order valence-electron chi connectivity index (χ3n) is 6.08. The van der Waals surface area contributed by atoms with Gasteiger partial charge in [0.25, 0.3) is 5.91 Å². The van der Waals surface area contributed by atoms with Crippen molar-refractivity contribution in [3.8, 4) is 22.5 Å². The number of halogens is 3. The van der Waals surface area contributed by atoms with Gasteiger partial charge in [0.15, 0.2) is 11.6 Å². The summed E-state index contributed by atoms with van der Waals surface area (Å²) in [6.07, 6.45) is 6.28. The summed E-state index contributed by atoms with van der Waals surface area (Å²) in [5, 5.41) is 0.355. The van der Waals surface area contributed by atoms with E-state index < -0.39 is 11.6 Å². The van der Waals surface area contributed by atoms with Crippen molar-refractivity contribution in [1.29, 1.82) is 0 Å². The van der Waals surface area contributed by atoms with Crippen molar-refractivity contribution in [3.05, 3.63) is 89.1 Å². The first-order chi connectivity index (χ1) is 17.4. The summed E-state index contributed by atoms with van der Waals surface area (Å²) in [4.78, 5) is 34.4. The van der Waals surface area contributed by atoms with Crippen molar-refractivity contribution in [2.75, 3.05) is 31.1 Å². The quantitative estimate of drug-likeness (QED) is 0.396. The molecule has 0 saturated carbocycles. The molecular formula is C26H21ClF2N6O. The lowest BCUT2D eigenvalue weighted by molar-refractivity contribution is 0.0740. The number of aryl methyl sites for hydroxylation is 1. The number of piperazine rings is 1. The van der Waals surface area contributed by atoms with Gasteiger partial charge in [0, 0.05) is 55.9 Å². The van der Waals surface area contributed by atoms with E-state index in [2.05, 4.69) is 15.0 Å². The fraction of sp³-hybridized carbons (Fsp3) is 0.192. The molecule has 0 unspecified atom stereocenters. The molecule has 7 nitrogen and oxygen atoms in total. The average Bonchev–Trinajstić information content (AvgIpc) is 2.90. The Hall–Kier alpha value is -3.98. The highest BCUT2D eigenvalue weighted by molar-refractivity contribution is 6.33. The maximum Gasteiger partial charge on any atom is 0.272 e. The van der Waals surface area contributed by atoms with Crippen LogP contribution in [0.3, 0.4) is 0 Å². The maximum atomic E-state index is 14.0. The monoisotopic (exact) mass is 506 g/mol. The molecule has 1 fully saturated rings. The molecule has 1 amide bonds. The number of nitrogens with zero attached hydrogens (tertiary/aromatic N) is 6. The zero-order valence-corrected chi connectivity index (χ0v) is 20.1. The molecule has 4 heterocycles. The van der Waals surface area contributed by atoms with E-state index in [0.29, 0.717) is 65.2 Å². The van der Waals surface area contributed by atoms with Crippen LogP contribution in [0.25, 0.3) is 22.5 Å². The Bertz CT molecular complexity index is 1440. The molecule has 0 atom stereocenters. The molecule has 1 aromatic carbocycles. The van der Waals surface area contributed by atoms with Gasteiger partial charge >= 0.3 is 0 Å². The predicted molar refractivity (Wildman–Crippen MR) is 133 cm³/mol. The van der Waals surface area contributed by atoms with Crippen LogP contribution in [0.15, 0.2) is 61.2 Å². The van der Waals surface area contributed by atoms with Gasteiger partial charge < -0.3 is 9.80 Å². The first-order valence-electron chi connectivity index (χ1n) is 11.3. The topological polar surface area (TPSA) is 75.1 Å². The fourth-order valence-corrected chi connectivity index (χ4v) is 4.35. The molecule has 0 bridgehead atoms. The molecule has 0 radical (unpaired) electrons. The van der Waals surface area contributed by atoms with Crippen LogP contribution in [0.1, 0.15) is 16.1 Å². The van der Waals surface area contributed by atoms with Crippen LogP contribution >= 0.6 is 11.6 Å². The van der Waals surface area contributed by atoms with Gasteiger partial charge in [0.2, 0.25) is 0 Å². The van der Waals surface area contributed by atoms with Crippen LogP contribution in [0, 0.1) is 18.6 Å². The van der Waals surface area contributed by atoms with E-state index in [1.807, 2.05) is 17.9 Å². The Balaban J connectivity index is 1.44. The van der Waals surface area contributed by atoms with E-state index in [1.54, 1.807) is 35.6 Å². The van der Waals surface area contributed by atoms with E-state index in [1.165, 1.54) is 12.3 Å². The molecule has 1 saturated heterocycles. The molecule has 10 heteroatoms. The second kappa shape index (κ2) is 9.94. The summed E-state index contributed by atoms with van der Waals surface area (Å²) in [5.74, 6) is -1.43. The number of anilines is 1. The second-order valence-corrected chi connectivity index (χ2v) is 8.77. The largest absolute Gasteiger partial charge is 0.352 e. The van der Waals surface area contributed by atoms with Crippen LogP contribution < -0.4 is 4.90 Å². The van der Waals surface area contributed by atoms with Gasteiger partial charge in [-0.15, -0.1) is 0 Å². The zero-order chi connectivity index (χ0) is 25.2. The van der Waals surface area contributed by atoms with Crippen LogP contribution in [0.2, 0.25) is 5.02 Å². The fourth-order valence-electron chi connectivity index (χ4n) is 4.14. The van der Waals surface area contributed by atoms with Crippen LogP contribution in [-0.4, -0.2) is 56.9 Å². The molecule has 1 aliphatic heterocycles. The summed E-state index contributed by atoms with van der Waals surface area (Å²) in [7, 11) is 0. The van der Waals surface area contributed by atoms with Crippen molar-refractivity contribution in [1.82, 2.24) is 24.8 Å². The number of amides is 1. The summed E-state index contributed by atoms with van der Waals surface area (Å²) in [6, 6.07) is 8.96. The normalized spacial score (nSPS) is 13.7. The summed E-state index contributed by atoms with van der Waals surface area (Å²) in [5.41, 5.74) is 3.02. The molecule has 182 valence electrons. The number of hydrogen-bond donors (Lipinski definition) is 0. The third-order valence-corrected chi connectivity index (χ3v) is 6.38. The van der Waals surface area contributed by atoms with Gasteiger partial charge in [-0.1, -0.05) is 17.7 Å². The van der Waals surface area contributed by atoms with Crippen LogP contribution in [-0.2, 0) is 0 Å². The summed E-state index contributed by atoms with van der Waals surface area (Å²) >= 11 is 6.41. The molecule has 3 aromatic heterocycles. The lowest BCUT2D eigenvalue weighted by atomic mass is 10.0. The number of hydrogen-bond acceptors (Lipinski definition) is 6. The molecule has 1 aliphatic rings. The summed E-state index contributed by atoms with van der Waals surface area (Å²) < 4.78 is 27.5. The van der Waals surface area contributed by atoms with Crippen LogP contribution in [0.4, 0.5) is 14.6 Å². The predicted octanol–water partition coefficient (Wildman–Crippen LogP) is 4.80. The Morgan fingerprint density at radius 2 is 1.75 bits per heavy atom. The molecule has 0 N–H and O–H groups in total. The van der Waals surface area contributed by atoms with Gasteiger partial charge in [-0.3, -0.25) is 19.7 Å². The molecule has 0 spiro atoms. The number of pyridine rings is 2. The minimum Gasteiger partial charge on any atom is -0.352 e. The number of benzene rings is 1. The molecule has 36 heavy (non-hydrogen) atoms. The van der Waals surface area contributed by atoms with Gasteiger partial charge in [0.05, 0.1) is 16.9 Å². The first-order valence-corrected chi connectivity index (χ1v) is 11.7. The highest BCUT2D eigenvalue weighted by atomic mass is 35.5.